The summed E-state index contributed by atoms with van der Waals surface area (Å²) in [4.78, 5) is 11.7. The second-order valence-corrected chi connectivity index (χ2v) is 4.35. The monoisotopic (exact) mass is 234 g/mol. The summed E-state index contributed by atoms with van der Waals surface area (Å²) >= 11 is 0. The van der Waals surface area contributed by atoms with E-state index >= 15 is 0 Å². The van der Waals surface area contributed by atoms with Gasteiger partial charge in [0.25, 0.3) is 0 Å². The molecule has 0 aliphatic rings. The van der Waals surface area contributed by atoms with Crippen LogP contribution in [0.25, 0.3) is 0 Å². The number of hydrogen-bond acceptors (Lipinski definition) is 2. The highest BCUT2D eigenvalue weighted by Gasteiger charge is 2.10. The number of carbonyl (C=O) groups excluding carboxylic acids is 1. The fourth-order valence-corrected chi connectivity index (χ4v) is 1.89. The molecular weight excluding hydrogens is 212 g/mol. The summed E-state index contributed by atoms with van der Waals surface area (Å²) < 4.78 is 0. The number of nitrogens with one attached hydrogen (secondary N) is 2. The van der Waals surface area contributed by atoms with Gasteiger partial charge < -0.3 is 10.6 Å². The Labute approximate surface area is 104 Å². The van der Waals surface area contributed by atoms with E-state index in [1.165, 1.54) is 11.1 Å². The molecule has 2 N–H and O–H groups in total. The first-order valence-electron chi connectivity index (χ1n) is 6.14. The van der Waals surface area contributed by atoms with E-state index in [1.54, 1.807) is 0 Å². The number of carbonyl (C=O) groups is 1. The zero-order valence-electron chi connectivity index (χ0n) is 10.9. The molecule has 0 heterocycles. The van der Waals surface area contributed by atoms with E-state index in [1.807, 2.05) is 26.1 Å². The number of benzene rings is 1. The maximum atomic E-state index is 11.7. The zero-order chi connectivity index (χ0) is 12.7. The normalized spacial score (nSPS) is 12.2. The highest BCUT2D eigenvalue weighted by molar-refractivity contribution is 5.76. The molecule has 0 bridgehead atoms. The van der Waals surface area contributed by atoms with E-state index in [0.717, 1.165) is 13.0 Å². The topological polar surface area (TPSA) is 41.1 Å². The summed E-state index contributed by atoms with van der Waals surface area (Å²) in [7, 11) is 1.90. The summed E-state index contributed by atoms with van der Waals surface area (Å²) in [6.45, 7) is 4.98. The smallest absolute Gasteiger partial charge is 0.220 e. The van der Waals surface area contributed by atoms with Gasteiger partial charge in [0.15, 0.2) is 0 Å². The van der Waals surface area contributed by atoms with E-state index in [0.29, 0.717) is 6.42 Å². The Morgan fingerprint density at radius 1 is 1.35 bits per heavy atom. The average molecular weight is 234 g/mol. The zero-order valence-corrected chi connectivity index (χ0v) is 10.9. The van der Waals surface area contributed by atoms with Crippen molar-refractivity contribution in [3.05, 3.63) is 35.4 Å². The molecule has 1 aromatic carbocycles. The Morgan fingerprint density at radius 3 is 2.71 bits per heavy atom. The number of hydrogen-bond donors (Lipinski definition) is 2. The molecule has 1 amide bonds. The lowest BCUT2D eigenvalue weighted by atomic mass is 10.0. The summed E-state index contributed by atoms with van der Waals surface area (Å²) in [5.74, 6) is 0.121. The third-order valence-corrected chi connectivity index (χ3v) is 2.86. The molecule has 1 aromatic rings. The van der Waals surface area contributed by atoms with Crippen molar-refractivity contribution >= 4 is 5.91 Å². The quantitative estimate of drug-likeness (QED) is 0.741. The standard InChI is InChI=1S/C14H22N2O/c1-11-7-4-5-8-13(11)12(2)16-14(17)9-6-10-15-3/h4-5,7-8,12,15H,6,9-10H2,1-3H3,(H,16,17)/t12-/m0/s1. The van der Waals surface area contributed by atoms with Crippen LogP contribution in [0.15, 0.2) is 24.3 Å². The van der Waals surface area contributed by atoms with Crippen LogP contribution in [0.3, 0.4) is 0 Å². The summed E-state index contributed by atoms with van der Waals surface area (Å²) in [6, 6.07) is 8.23. The molecular formula is C14H22N2O. The van der Waals surface area contributed by atoms with E-state index in [4.69, 9.17) is 0 Å². The van der Waals surface area contributed by atoms with Crippen LogP contribution in [-0.2, 0) is 4.79 Å². The molecule has 3 nitrogen and oxygen atoms in total. The average Bonchev–Trinajstić information content (AvgIpc) is 2.29. The van der Waals surface area contributed by atoms with Crippen LogP contribution in [0.1, 0.15) is 36.9 Å². The first kappa shape index (κ1) is 13.7. The molecule has 0 aliphatic heterocycles. The SMILES string of the molecule is CNCCCC(=O)N[C@@H](C)c1ccccc1C. The van der Waals surface area contributed by atoms with Crippen molar-refractivity contribution in [3.8, 4) is 0 Å². The van der Waals surface area contributed by atoms with Gasteiger partial charge in [-0.2, -0.15) is 0 Å². The molecule has 0 saturated carbocycles. The second kappa shape index (κ2) is 7.07. The summed E-state index contributed by atoms with van der Waals surface area (Å²) in [5, 5.41) is 6.07. The van der Waals surface area contributed by atoms with Gasteiger partial charge >= 0.3 is 0 Å². The molecule has 0 fully saturated rings. The van der Waals surface area contributed by atoms with Crippen LogP contribution in [0, 0.1) is 6.92 Å². The molecule has 17 heavy (non-hydrogen) atoms. The van der Waals surface area contributed by atoms with Crippen LogP contribution in [0.5, 0.6) is 0 Å². The van der Waals surface area contributed by atoms with Gasteiger partial charge in [-0.25, -0.2) is 0 Å². The molecule has 0 aromatic heterocycles. The summed E-state index contributed by atoms with van der Waals surface area (Å²) in [6.07, 6.45) is 1.46. The van der Waals surface area contributed by atoms with E-state index in [9.17, 15) is 4.79 Å². The predicted molar refractivity (Wildman–Crippen MR) is 70.9 cm³/mol. The van der Waals surface area contributed by atoms with Crippen LogP contribution in [0.2, 0.25) is 0 Å². The summed E-state index contributed by atoms with van der Waals surface area (Å²) in [5.41, 5.74) is 2.41. The maximum absolute atomic E-state index is 11.7. The third-order valence-electron chi connectivity index (χ3n) is 2.86. The van der Waals surface area contributed by atoms with Crippen molar-refractivity contribution in [2.75, 3.05) is 13.6 Å². The van der Waals surface area contributed by atoms with Crippen molar-refractivity contribution in [2.24, 2.45) is 0 Å². The molecule has 0 saturated heterocycles. The van der Waals surface area contributed by atoms with E-state index < -0.39 is 0 Å². The first-order valence-corrected chi connectivity index (χ1v) is 6.14. The van der Waals surface area contributed by atoms with Gasteiger partial charge in [0.05, 0.1) is 6.04 Å². The Hall–Kier alpha value is -1.35. The first-order chi connectivity index (χ1) is 8.15. The van der Waals surface area contributed by atoms with Gasteiger partial charge in [-0.3, -0.25) is 4.79 Å². The van der Waals surface area contributed by atoms with Crippen LogP contribution in [-0.4, -0.2) is 19.5 Å². The van der Waals surface area contributed by atoms with E-state index in [2.05, 4.69) is 29.7 Å². The Bertz CT molecular complexity index is 363. The van der Waals surface area contributed by atoms with E-state index in [-0.39, 0.29) is 11.9 Å². The molecule has 0 spiro atoms. The lowest BCUT2D eigenvalue weighted by Crippen LogP contribution is -2.27. The van der Waals surface area contributed by atoms with Crippen molar-refractivity contribution < 1.29 is 4.79 Å². The number of rotatable bonds is 6. The number of aryl methyl sites for hydroxylation is 1. The van der Waals surface area contributed by atoms with Crippen molar-refractivity contribution in [2.45, 2.75) is 32.7 Å². The highest BCUT2D eigenvalue weighted by Crippen LogP contribution is 2.16. The van der Waals surface area contributed by atoms with Gasteiger partial charge in [0.1, 0.15) is 0 Å². The second-order valence-electron chi connectivity index (χ2n) is 4.35. The van der Waals surface area contributed by atoms with Crippen LogP contribution >= 0.6 is 0 Å². The van der Waals surface area contributed by atoms with Gasteiger partial charge in [0, 0.05) is 6.42 Å². The molecule has 1 atom stereocenters. The van der Waals surface area contributed by atoms with Gasteiger partial charge in [-0.1, -0.05) is 24.3 Å². The van der Waals surface area contributed by atoms with Gasteiger partial charge in [0.2, 0.25) is 5.91 Å². The predicted octanol–water partition coefficient (Wildman–Crippen LogP) is 2.17. The lowest BCUT2D eigenvalue weighted by Gasteiger charge is -2.16. The molecule has 3 heteroatoms. The van der Waals surface area contributed by atoms with Gasteiger partial charge in [-0.15, -0.1) is 0 Å². The largest absolute Gasteiger partial charge is 0.350 e. The van der Waals surface area contributed by atoms with Gasteiger partial charge in [-0.05, 0) is 45.0 Å². The van der Waals surface area contributed by atoms with Crippen LogP contribution in [0.4, 0.5) is 0 Å². The third kappa shape index (κ3) is 4.57. The Balaban J connectivity index is 2.46. The molecule has 0 unspecified atom stereocenters. The highest BCUT2D eigenvalue weighted by atomic mass is 16.1. The van der Waals surface area contributed by atoms with Crippen LogP contribution < -0.4 is 10.6 Å². The van der Waals surface area contributed by atoms with Crippen molar-refractivity contribution in [3.63, 3.8) is 0 Å². The minimum Gasteiger partial charge on any atom is -0.350 e. The maximum Gasteiger partial charge on any atom is 0.220 e. The molecule has 0 radical (unpaired) electrons. The fourth-order valence-electron chi connectivity index (χ4n) is 1.89. The minimum atomic E-state index is 0.0817. The lowest BCUT2D eigenvalue weighted by molar-refractivity contribution is -0.121. The molecule has 94 valence electrons. The molecule has 0 aliphatic carbocycles. The number of amides is 1. The fraction of sp³-hybridized carbons (Fsp3) is 0.500. The Morgan fingerprint density at radius 2 is 2.06 bits per heavy atom. The molecule has 1 rings (SSSR count). The minimum absolute atomic E-state index is 0.0817. The Kier molecular flexibility index (Phi) is 5.70. The van der Waals surface area contributed by atoms with Crippen molar-refractivity contribution in [1.29, 1.82) is 0 Å². The van der Waals surface area contributed by atoms with Crippen molar-refractivity contribution in [1.82, 2.24) is 10.6 Å².